The molecule has 0 saturated heterocycles. The number of carbonyl (C=O) groups excluding carboxylic acids is 1. The molecule has 3 aromatic carbocycles. The van der Waals surface area contributed by atoms with Gasteiger partial charge >= 0.3 is 12.1 Å². The second-order valence-electron chi connectivity index (χ2n) is 10.9. The summed E-state index contributed by atoms with van der Waals surface area (Å²) in [7, 11) is 0. The molecule has 0 radical (unpaired) electrons. The van der Waals surface area contributed by atoms with Crippen molar-refractivity contribution in [2.75, 3.05) is 0 Å². The molecular weight excluding hydrogens is 528 g/mol. The lowest BCUT2D eigenvalue weighted by atomic mass is 9.50. The highest BCUT2D eigenvalue weighted by molar-refractivity contribution is 6.06. The third-order valence-electron chi connectivity index (χ3n) is 8.05. The number of halogens is 4. The topological polar surface area (TPSA) is 97.1 Å². The van der Waals surface area contributed by atoms with Gasteiger partial charge < -0.3 is 10.4 Å². The summed E-state index contributed by atoms with van der Waals surface area (Å²) in [5.74, 6) is -1.87. The maximum Gasteiger partial charge on any atom is 0.416 e. The molecule has 1 spiro atoms. The Morgan fingerprint density at radius 2 is 1.65 bits per heavy atom. The van der Waals surface area contributed by atoms with Crippen LogP contribution in [-0.2, 0) is 17.5 Å². The summed E-state index contributed by atoms with van der Waals surface area (Å²) in [6.45, 7) is 0.0912. The molecule has 206 valence electrons. The highest BCUT2D eigenvalue weighted by Gasteiger charge is 2.55. The zero-order chi connectivity index (χ0) is 28.2. The summed E-state index contributed by atoms with van der Waals surface area (Å²) < 4.78 is 54.0. The van der Waals surface area contributed by atoms with Crippen LogP contribution in [0, 0.1) is 17.2 Å². The number of aromatic nitrogens is 3. The Kier molecular flexibility index (Phi) is 6.12. The van der Waals surface area contributed by atoms with E-state index < -0.39 is 23.5 Å². The van der Waals surface area contributed by atoms with E-state index in [2.05, 4.69) is 15.6 Å². The van der Waals surface area contributed by atoms with Crippen molar-refractivity contribution in [1.29, 1.82) is 0 Å². The molecule has 7 nitrogen and oxygen atoms in total. The number of nitrogens with zero attached hydrogens (tertiary/aromatic N) is 3. The van der Waals surface area contributed by atoms with Gasteiger partial charge in [-0.2, -0.15) is 13.2 Å². The number of benzene rings is 3. The number of hydrogen-bond acceptors (Lipinski definition) is 4. The molecular formula is C29H24F4N4O3. The number of carboxylic acids is 1. The van der Waals surface area contributed by atoms with E-state index in [9.17, 15) is 32.3 Å². The molecule has 2 aliphatic rings. The SMILES string of the molecule is O=C(NC1CC2(C1)CC(C(=O)O)C2)c1cc(-c2ccc(F)cc2)cc2nnn(Cc3ccc(C(F)(F)F)cc3)c12. The normalized spacial score (nSPS) is 22.1. The van der Waals surface area contributed by atoms with Crippen molar-refractivity contribution in [2.24, 2.45) is 11.3 Å². The average molecular weight is 553 g/mol. The highest BCUT2D eigenvalue weighted by atomic mass is 19.4. The largest absolute Gasteiger partial charge is 0.481 e. The maximum absolute atomic E-state index is 13.6. The molecule has 1 amide bonds. The van der Waals surface area contributed by atoms with E-state index >= 15 is 0 Å². The van der Waals surface area contributed by atoms with E-state index in [1.807, 2.05) is 0 Å². The summed E-state index contributed by atoms with van der Waals surface area (Å²) in [5, 5.41) is 20.6. The minimum absolute atomic E-state index is 0.0296. The van der Waals surface area contributed by atoms with Gasteiger partial charge in [0.25, 0.3) is 5.91 Å². The van der Waals surface area contributed by atoms with Gasteiger partial charge in [0.2, 0.25) is 0 Å². The monoisotopic (exact) mass is 552 g/mol. The van der Waals surface area contributed by atoms with Gasteiger partial charge in [-0.05, 0) is 84.2 Å². The van der Waals surface area contributed by atoms with Crippen molar-refractivity contribution in [1.82, 2.24) is 20.3 Å². The Hall–Kier alpha value is -4.28. The molecule has 2 aliphatic carbocycles. The van der Waals surface area contributed by atoms with Crippen molar-refractivity contribution in [3.05, 3.63) is 83.2 Å². The Morgan fingerprint density at radius 3 is 2.27 bits per heavy atom. The van der Waals surface area contributed by atoms with E-state index in [1.54, 1.807) is 24.3 Å². The van der Waals surface area contributed by atoms with Crippen LogP contribution in [0.5, 0.6) is 0 Å². The highest BCUT2D eigenvalue weighted by Crippen LogP contribution is 2.58. The lowest BCUT2D eigenvalue weighted by molar-refractivity contribution is -0.155. The number of hydrogen-bond donors (Lipinski definition) is 2. The van der Waals surface area contributed by atoms with Gasteiger partial charge in [-0.25, -0.2) is 9.07 Å². The van der Waals surface area contributed by atoms with Crippen molar-refractivity contribution in [2.45, 2.75) is 44.4 Å². The van der Waals surface area contributed by atoms with E-state index in [0.717, 1.165) is 12.1 Å². The van der Waals surface area contributed by atoms with Crippen LogP contribution in [0.2, 0.25) is 0 Å². The summed E-state index contributed by atoms with van der Waals surface area (Å²) in [5.41, 5.74) is 2.18. The average Bonchev–Trinajstić information content (AvgIpc) is 3.26. The lowest BCUT2D eigenvalue weighted by Gasteiger charge is -2.56. The van der Waals surface area contributed by atoms with Gasteiger partial charge in [-0.3, -0.25) is 9.59 Å². The summed E-state index contributed by atoms with van der Waals surface area (Å²) in [6.07, 6.45) is -1.82. The van der Waals surface area contributed by atoms with Gasteiger partial charge in [-0.15, -0.1) is 5.10 Å². The number of carbonyl (C=O) groups is 2. The number of fused-ring (bicyclic) bond motifs is 1. The summed E-state index contributed by atoms with van der Waals surface area (Å²) in [4.78, 5) is 24.8. The molecule has 4 aromatic rings. The lowest BCUT2D eigenvalue weighted by Crippen LogP contribution is -2.57. The molecule has 0 bridgehead atoms. The first-order valence-corrected chi connectivity index (χ1v) is 12.8. The number of carboxylic acid groups (broad SMARTS) is 1. The zero-order valence-corrected chi connectivity index (χ0v) is 21.1. The molecule has 0 aliphatic heterocycles. The first-order chi connectivity index (χ1) is 19.0. The number of amides is 1. The zero-order valence-electron chi connectivity index (χ0n) is 21.1. The van der Waals surface area contributed by atoms with Crippen LogP contribution in [0.1, 0.15) is 47.2 Å². The molecule has 40 heavy (non-hydrogen) atoms. The number of alkyl halides is 3. The molecule has 1 heterocycles. The molecule has 2 saturated carbocycles. The van der Waals surface area contributed by atoms with Crippen LogP contribution < -0.4 is 5.32 Å². The molecule has 11 heteroatoms. The fraction of sp³-hybridized carbons (Fsp3) is 0.310. The summed E-state index contributed by atoms with van der Waals surface area (Å²) >= 11 is 0. The van der Waals surface area contributed by atoms with Gasteiger partial charge in [0.15, 0.2) is 0 Å². The van der Waals surface area contributed by atoms with Gasteiger partial charge in [0.05, 0.1) is 23.6 Å². The molecule has 1 aromatic heterocycles. The molecule has 6 rings (SSSR count). The van der Waals surface area contributed by atoms with E-state index in [1.165, 1.54) is 28.9 Å². The Labute approximate surface area is 225 Å². The molecule has 2 N–H and O–H groups in total. The van der Waals surface area contributed by atoms with Crippen molar-refractivity contribution < 1.29 is 32.3 Å². The van der Waals surface area contributed by atoms with E-state index in [0.29, 0.717) is 53.4 Å². The van der Waals surface area contributed by atoms with E-state index in [-0.39, 0.29) is 35.4 Å². The Bertz CT molecular complexity index is 1600. The predicted molar refractivity (Wildman–Crippen MR) is 137 cm³/mol. The van der Waals surface area contributed by atoms with Crippen LogP contribution in [0.15, 0.2) is 60.7 Å². The first kappa shape index (κ1) is 26.0. The Balaban J connectivity index is 1.30. The van der Waals surface area contributed by atoms with E-state index in [4.69, 9.17) is 0 Å². The third-order valence-corrected chi connectivity index (χ3v) is 8.05. The second kappa shape index (κ2) is 9.42. The quantitative estimate of drug-likeness (QED) is 0.300. The summed E-state index contributed by atoms with van der Waals surface area (Å²) in [6, 6.07) is 13.8. The minimum atomic E-state index is -4.45. The fourth-order valence-corrected chi connectivity index (χ4v) is 6.02. The fourth-order valence-electron chi connectivity index (χ4n) is 6.02. The van der Waals surface area contributed by atoms with Gasteiger partial charge in [0, 0.05) is 6.04 Å². The molecule has 0 unspecified atom stereocenters. The smallest absolute Gasteiger partial charge is 0.416 e. The van der Waals surface area contributed by atoms with Gasteiger partial charge in [0.1, 0.15) is 16.9 Å². The second-order valence-corrected chi connectivity index (χ2v) is 10.9. The number of aliphatic carboxylic acids is 1. The van der Waals surface area contributed by atoms with Crippen LogP contribution in [0.25, 0.3) is 22.2 Å². The third kappa shape index (κ3) is 4.80. The predicted octanol–water partition coefficient (Wildman–Crippen LogP) is 5.68. The maximum atomic E-state index is 13.6. The van der Waals surface area contributed by atoms with Crippen molar-refractivity contribution in [3.8, 4) is 11.1 Å². The first-order valence-electron chi connectivity index (χ1n) is 12.8. The van der Waals surface area contributed by atoms with Crippen LogP contribution in [0.3, 0.4) is 0 Å². The number of nitrogens with one attached hydrogen (secondary N) is 1. The van der Waals surface area contributed by atoms with Crippen molar-refractivity contribution in [3.63, 3.8) is 0 Å². The number of rotatable bonds is 6. The Morgan fingerprint density at radius 1 is 0.975 bits per heavy atom. The standard InChI is InChI=1S/C29H24F4N4O3/c30-21-7-3-17(4-8-21)18-9-23(26(38)34-22-13-28(14-22)11-19(12-28)27(39)40)25-24(10-18)35-36-37(25)15-16-1-5-20(6-2-16)29(31,32)33/h1-10,19,22H,11-15H2,(H,34,38)(H,39,40). The molecule has 0 atom stereocenters. The van der Waals surface area contributed by atoms with Crippen LogP contribution in [0.4, 0.5) is 17.6 Å². The van der Waals surface area contributed by atoms with Gasteiger partial charge in [-0.1, -0.05) is 29.5 Å². The molecule has 2 fully saturated rings. The van der Waals surface area contributed by atoms with Crippen molar-refractivity contribution >= 4 is 22.9 Å². The van der Waals surface area contributed by atoms with Crippen LogP contribution >= 0.6 is 0 Å². The minimum Gasteiger partial charge on any atom is -0.481 e. The van der Waals surface area contributed by atoms with Crippen LogP contribution in [-0.4, -0.2) is 38.0 Å².